The van der Waals surface area contributed by atoms with Crippen LogP contribution in [0.1, 0.15) is 32.1 Å². The van der Waals surface area contributed by atoms with Crippen LogP contribution in [0.5, 0.6) is 0 Å². The predicted molar refractivity (Wildman–Crippen MR) is 113 cm³/mol. The molecule has 0 saturated heterocycles. The van der Waals surface area contributed by atoms with Crippen LogP contribution in [0.25, 0.3) is 0 Å². The Morgan fingerprint density at radius 2 is 1.69 bits per heavy atom. The van der Waals surface area contributed by atoms with Crippen molar-refractivity contribution in [1.82, 2.24) is 14.5 Å². The van der Waals surface area contributed by atoms with Gasteiger partial charge < -0.3 is 15.2 Å². The fourth-order valence-corrected chi connectivity index (χ4v) is 4.92. The number of hydrogen-bond donors (Lipinski definition) is 2. The quantitative estimate of drug-likeness (QED) is 0.634. The Bertz CT molecular complexity index is 1070. The van der Waals surface area contributed by atoms with E-state index in [0.717, 1.165) is 12.8 Å². The van der Waals surface area contributed by atoms with E-state index in [0.29, 0.717) is 23.5 Å². The highest BCUT2D eigenvalue weighted by Gasteiger charge is 2.21. The first-order valence-electron chi connectivity index (χ1n) is 9.84. The Hall–Kier alpha value is -2.87. The van der Waals surface area contributed by atoms with Gasteiger partial charge in [0, 0.05) is 25.4 Å². The zero-order chi connectivity index (χ0) is 20.3. The van der Waals surface area contributed by atoms with E-state index in [2.05, 4.69) is 20.6 Å². The molecule has 152 valence electrons. The standard InChI is InChI=1S/C21H25N5O2S/c1-26-14-21(22-15-26)25-20-13-18(29(27,28)17-10-6-3-7-11-17)12-19(24-20)23-16-8-4-2-5-9-16/h3,6-7,10-16H,2,4-5,8-9H2,1H3,(H2,23,24,25). The van der Waals surface area contributed by atoms with Crippen LogP contribution >= 0.6 is 0 Å². The molecule has 1 aliphatic carbocycles. The summed E-state index contributed by atoms with van der Waals surface area (Å²) in [6.07, 6.45) is 9.24. The molecular weight excluding hydrogens is 386 g/mol. The molecule has 0 spiro atoms. The minimum absolute atomic E-state index is 0.204. The smallest absolute Gasteiger partial charge is 0.206 e. The van der Waals surface area contributed by atoms with Crippen molar-refractivity contribution in [3.63, 3.8) is 0 Å². The normalized spacial score (nSPS) is 15.2. The second-order valence-electron chi connectivity index (χ2n) is 7.42. The first-order valence-corrected chi connectivity index (χ1v) is 11.3. The molecule has 1 aliphatic rings. The summed E-state index contributed by atoms with van der Waals surface area (Å²) < 4.78 is 28.2. The van der Waals surface area contributed by atoms with Crippen molar-refractivity contribution in [3.8, 4) is 0 Å². The highest BCUT2D eigenvalue weighted by Crippen LogP contribution is 2.28. The van der Waals surface area contributed by atoms with E-state index in [9.17, 15) is 8.42 Å². The van der Waals surface area contributed by atoms with Gasteiger partial charge in [-0.05, 0) is 31.0 Å². The van der Waals surface area contributed by atoms with Gasteiger partial charge in [-0.2, -0.15) is 0 Å². The Labute approximate surface area is 171 Å². The Morgan fingerprint density at radius 1 is 0.966 bits per heavy atom. The maximum atomic E-state index is 13.2. The van der Waals surface area contributed by atoms with Crippen molar-refractivity contribution in [2.24, 2.45) is 7.05 Å². The molecule has 0 bridgehead atoms. The molecule has 4 rings (SSSR count). The second kappa shape index (κ2) is 8.24. The fraction of sp³-hybridized carbons (Fsp3) is 0.333. The molecule has 7 nitrogen and oxygen atoms in total. The van der Waals surface area contributed by atoms with Crippen LogP contribution in [-0.2, 0) is 16.9 Å². The first kappa shape index (κ1) is 19.4. The molecule has 1 saturated carbocycles. The van der Waals surface area contributed by atoms with Crippen molar-refractivity contribution < 1.29 is 8.42 Å². The predicted octanol–water partition coefficient (Wildman–Crippen LogP) is 4.14. The average molecular weight is 412 g/mol. The van der Waals surface area contributed by atoms with Gasteiger partial charge in [-0.3, -0.25) is 0 Å². The summed E-state index contributed by atoms with van der Waals surface area (Å²) in [7, 11) is -1.78. The summed E-state index contributed by atoms with van der Waals surface area (Å²) in [5, 5.41) is 6.55. The molecule has 0 amide bonds. The number of sulfone groups is 1. The van der Waals surface area contributed by atoms with Crippen LogP contribution in [0.15, 0.2) is 64.8 Å². The van der Waals surface area contributed by atoms with Gasteiger partial charge in [-0.1, -0.05) is 37.5 Å². The number of nitrogens with one attached hydrogen (secondary N) is 2. The number of aryl methyl sites for hydroxylation is 1. The third-order valence-electron chi connectivity index (χ3n) is 5.08. The minimum Gasteiger partial charge on any atom is -0.367 e. The molecule has 8 heteroatoms. The number of rotatable bonds is 6. The Balaban J connectivity index is 1.70. The SMILES string of the molecule is Cn1cnc(Nc2cc(S(=O)(=O)c3ccccc3)cc(NC3CCCCC3)n2)c1. The van der Waals surface area contributed by atoms with Crippen molar-refractivity contribution in [3.05, 3.63) is 55.0 Å². The van der Waals surface area contributed by atoms with Gasteiger partial charge in [-0.15, -0.1) is 0 Å². The van der Waals surface area contributed by atoms with Crippen LogP contribution in [0.2, 0.25) is 0 Å². The summed E-state index contributed by atoms with van der Waals surface area (Å²) >= 11 is 0. The lowest BCUT2D eigenvalue weighted by atomic mass is 9.95. The van der Waals surface area contributed by atoms with Crippen molar-refractivity contribution in [2.45, 2.75) is 47.9 Å². The zero-order valence-electron chi connectivity index (χ0n) is 16.4. The highest BCUT2D eigenvalue weighted by atomic mass is 32.2. The topological polar surface area (TPSA) is 88.9 Å². The van der Waals surface area contributed by atoms with Crippen LogP contribution in [0.4, 0.5) is 17.5 Å². The van der Waals surface area contributed by atoms with E-state index < -0.39 is 9.84 Å². The molecule has 29 heavy (non-hydrogen) atoms. The van der Waals surface area contributed by atoms with Crippen molar-refractivity contribution >= 4 is 27.3 Å². The number of pyridine rings is 1. The monoisotopic (exact) mass is 411 g/mol. The summed E-state index contributed by atoms with van der Waals surface area (Å²) in [4.78, 5) is 9.32. The van der Waals surface area contributed by atoms with Crippen molar-refractivity contribution in [1.29, 1.82) is 0 Å². The lowest BCUT2D eigenvalue weighted by molar-refractivity contribution is 0.462. The van der Waals surface area contributed by atoms with E-state index in [-0.39, 0.29) is 9.79 Å². The van der Waals surface area contributed by atoms with E-state index in [4.69, 9.17) is 0 Å². The first-order chi connectivity index (χ1) is 14.0. The number of hydrogen-bond acceptors (Lipinski definition) is 6. The van der Waals surface area contributed by atoms with Gasteiger partial charge in [0.25, 0.3) is 0 Å². The molecule has 1 fully saturated rings. The van der Waals surface area contributed by atoms with Crippen LogP contribution in [-0.4, -0.2) is 29.0 Å². The maximum Gasteiger partial charge on any atom is 0.206 e. The van der Waals surface area contributed by atoms with Gasteiger partial charge in [0.15, 0.2) is 0 Å². The number of imidazole rings is 1. The van der Waals surface area contributed by atoms with Crippen LogP contribution in [0, 0.1) is 0 Å². The number of aromatic nitrogens is 3. The summed E-state index contributed by atoms with van der Waals surface area (Å²) in [6.45, 7) is 0. The average Bonchev–Trinajstić information content (AvgIpc) is 3.14. The van der Waals surface area contributed by atoms with Gasteiger partial charge in [0.2, 0.25) is 9.84 Å². The molecule has 2 heterocycles. The van der Waals surface area contributed by atoms with Gasteiger partial charge in [0.05, 0.1) is 16.1 Å². The van der Waals surface area contributed by atoms with Crippen LogP contribution < -0.4 is 10.6 Å². The largest absolute Gasteiger partial charge is 0.367 e. The van der Waals surface area contributed by atoms with Gasteiger partial charge in [0.1, 0.15) is 17.5 Å². The molecular formula is C21H25N5O2S. The second-order valence-corrected chi connectivity index (χ2v) is 9.37. The van der Waals surface area contributed by atoms with E-state index in [1.807, 2.05) is 17.8 Å². The molecule has 0 aliphatic heterocycles. The third kappa shape index (κ3) is 4.59. The van der Waals surface area contributed by atoms with Gasteiger partial charge in [-0.25, -0.2) is 18.4 Å². The number of benzene rings is 1. The molecule has 0 atom stereocenters. The molecule has 3 aromatic rings. The maximum absolute atomic E-state index is 13.2. The third-order valence-corrected chi connectivity index (χ3v) is 6.83. The Kier molecular flexibility index (Phi) is 5.53. The minimum atomic E-state index is -3.66. The lowest BCUT2D eigenvalue weighted by Crippen LogP contribution is -2.23. The summed E-state index contributed by atoms with van der Waals surface area (Å²) in [6, 6.07) is 12.0. The lowest BCUT2D eigenvalue weighted by Gasteiger charge is -2.23. The molecule has 1 aromatic carbocycles. The van der Waals surface area contributed by atoms with E-state index >= 15 is 0 Å². The molecule has 2 N–H and O–H groups in total. The fourth-order valence-electron chi connectivity index (χ4n) is 3.60. The van der Waals surface area contributed by atoms with Crippen molar-refractivity contribution in [2.75, 3.05) is 10.6 Å². The summed E-state index contributed by atoms with van der Waals surface area (Å²) in [5.41, 5.74) is 0. The van der Waals surface area contributed by atoms with Crippen LogP contribution in [0.3, 0.4) is 0 Å². The van der Waals surface area contributed by atoms with E-state index in [1.54, 1.807) is 48.8 Å². The number of nitrogens with zero attached hydrogens (tertiary/aromatic N) is 3. The molecule has 0 unspecified atom stereocenters. The van der Waals surface area contributed by atoms with E-state index in [1.165, 1.54) is 19.3 Å². The zero-order valence-corrected chi connectivity index (χ0v) is 17.2. The molecule has 2 aromatic heterocycles. The van der Waals surface area contributed by atoms with Gasteiger partial charge >= 0.3 is 0 Å². The molecule has 0 radical (unpaired) electrons. The summed E-state index contributed by atoms with van der Waals surface area (Å²) in [5.74, 6) is 1.62. The highest BCUT2D eigenvalue weighted by molar-refractivity contribution is 7.91. The number of anilines is 3. The Morgan fingerprint density at radius 3 is 2.38 bits per heavy atom.